The molecule has 2 rings (SSSR count). The molecule has 0 radical (unpaired) electrons. The van der Waals surface area contributed by atoms with Crippen molar-refractivity contribution in [2.45, 2.75) is 70.8 Å². The molecule has 0 aromatic rings. The molecule has 1 unspecified atom stereocenters. The van der Waals surface area contributed by atoms with Gasteiger partial charge in [-0.1, -0.05) is 26.2 Å². The summed E-state index contributed by atoms with van der Waals surface area (Å²) in [5.41, 5.74) is 0. The summed E-state index contributed by atoms with van der Waals surface area (Å²) in [7, 11) is 0. The van der Waals surface area contributed by atoms with Crippen LogP contribution in [0.5, 0.6) is 0 Å². The second-order valence-electron chi connectivity index (χ2n) is 6.43. The molecule has 2 N–H and O–H groups in total. The molecule has 3 amide bonds. The van der Waals surface area contributed by atoms with Crippen LogP contribution < -0.4 is 10.6 Å². The minimum atomic E-state index is -0.261. The third kappa shape index (κ3) is 4.83. The van der Waals surface area contributed by atoms with Crippen LogP contribution in [0.15, 0.2) is 0 Å². The molecular formula is C16H26N2O3. The van der Waals surface area contributed by atoms with E-state index in [0.717, 1.165) is 6.42 Å². The van der Waals surface area contributed by atoms with E-state index in [2.05, 4.69) is 17.6 Å². The molecule has 5 heteroatoms. The van der Waals surface area contributed by atoms with Gasteiger partial charge in [0.1, 0.15) is 0 Å². The Labute approximate surface area is 126 Å². The van der Waals surface area contributed by atoms with Gasteiger partial charge >= 0.3 is 0 Å². The monoisotopic (exact) mass is 294 g/mol. The van der Waals surface area contributed by atoms with Crippen LogP contribution in [-0.4, -0.2) is 23.8 Å². The Balaban J connectivity index is 1.81. The van der Waals surface area contributed by atoms with Crippen molar-refractivity contribution in [3.05, 3.63) is 0 Å². The van der Waals surface area contributed by atoms with Crippen LogP contribution in [0.25, 0.3) is 0 Å². The van der Waals surface area contributed by atoms with E-state index in [1.807, 2.05) is 0 Å². The molecule has 0 spiro atoms. The van der Waals surface area contributed by atoms with E-state index in [0.29, 0.717) is 5.92 Å². The molecule has 1 atom stereocenters. The summed E-state index contributed by atoms with van der Waals surface area (Å²) in [5, 5.41) is 5.41. The molecule has 5 nitrogen and oxygen atoms in total. The highest BCUT2D eigenvalue weighted by molar-refractivity contribution is 5.98. The Morgan fingerprint density at radius 2 is 1.81 bits per heavy atom. The topological polar surface area (TPSA) is 75.3 Å². The van der Waals surface area contributed by atoms with Gasteiger partial charge in [0.05, 0.1) is 0 Å². The first-order valence-electron chi connectivity index (χ1n) is 8.20. The minimum Gasteiger partial charge on any atom is -0.353 e. The van der Waals surface area contributed by atoms with Crippen LogP contribution in [-0.2, 0) is 14.4 Å². The van der Waals surface area contributed by atoms with Crippen molar-refractivity contribution in [1.29, 1.82) is 0 Å². The summed E-state index contributed by atoms with van der Waals surface area (Å²) in [6.07, 6.45) is 8.00. The van der Waals surface area contributed by atoms with Crippen LogP contribution in [0.1, 0.15) is 64.7 Å². The Morgan fingerprint density at radius 1 is 1.19 bits per heavy atom. The lowest BCUT2D eigenvalue weighted by molar-refractivity contribution is -0.135. The van der Waals surface area contributed by atoms with E-state index in [4.69, 9.17) is 0 Å². The van der Waals surface area contributed by atoms with E-state index in [1.165, 1.54) is 32.1 Å². The lowest BCUT2D eigenvalue weighted by Crippen LogP contribution is -2.43. The normalized spacial score (nSPS) is 22.7. The van der Waals surface area contributed by atoms with Gasteiger partial charge in [-0.15, -0.1) is 0 Å². The molecule has 0 bridgehead atoms. The molecule has 1 aliphatic carbocycles. The number of carbonyl (C=O) groups excluding carboxylic acids is 3. The summed E-state index contributed by atoms with van der Waals surface area (Å²) in [6.45, 7) is 2.11. The summed E-state index contributed by atoms with van der Waals surface area (Å²) >= 11 is 0. The average molecular weight is 294 g/mol. The van der Waals surface area contributed by atoms with E-state index in [9.17, 15) is 14.4 Å². The molecule has 1 saturated carbocycles. The van der Waals surface area contributed by atoms with Crippen molar-refractivity contribution in [2.24, 2.45) is 11.8 Å². The smallest absolute Gasteiger partial charge is 0.226 e. The average Bonchev–Trinajstić information content (AvgIpc) is 2.44. The van der Waals surface area contributed by atoms with Gasteiger partial charge in [-0.3, -0.25) is 19.7 Å². The number of hydrogen-bond donors (Lipinski definition) is 2. The van der Waals surface area contributed by atoms with Crippen LogP contribution in [0.4, 0.5) is 0 Å². The Kier molecular flexibility index (Phi) is 5.76. The Morgan fingerprint density at radius 3 is 2.38 bits per heavy atom. The van der Waals surface area contributed by atoms with Gasteiger partial charge in [-0.05, 0) is 31.1 Å². The SMILES string of the molecule is CCC(NC(=O)CC1CC(=O)NC(=O)C1)C1CCCCC1. The standard InChI is InChI=1S/C16H26N2O3/c1-2-13(12-6-4-3-5-7-12)17-14(19)8-11-9-15(20)18-16(21)10-11/h11-13H,2-10H2,1H3,(H,17,19)(H,18,20,21). The number of nitrogens with one attached hydrogen (secondary N) is 2. The zero-order chi connectivity index (χ0) is 15.2. The molecule has 0 aromatic heterocycles. The van der Waals surface area contributed by atoms with Gasteiger partial charge in [0.15, 0.2) is 0 Å². The predicted octanol–water partition coefficient (Wildman–Crippen LogP) is 1.90. The maximum atomic E-state index is 12.2. The number of carbonyl (C=O) groups is 3. The molecule has 0 aromatic carbocycles. The molecule has 1 saturated heterocycles. The van der Waals surface area contributed by atoms with Gasteiger partial charge in [-0.2, -0.15) is 0 Å². The first-order valence-corrected chi connectivity index (χ1v) is 8.20. The second-order valence-corrected chi connectivity index (χ2v) is 6.43. The van der Waals surface area contributed by atoms with Crippen molar-refractivity contribution in [1.82, 2.24) is 10.6 Å². The molecule has 118 valence electrons. The zero-order valence-electron chi connectivity index (χ0n) is 12.8. The molecule has 2 fully saturated rings. The first-order chi connectivity index (χ1) is 10.1. The maximum Gasteiger partial charge on any atom is 0.226 e. The van der Waals surface area contributed by atoms with Crippen LogP contribution in [0, 0.1) is 11.8 Å². The van der Waals surface area contributed by atoms with Crippen LogP contribution in [0.3, 0.4) is 0 Å². The third-order valence-corrected chi connectivity index (χ3v) is 4.71. The van der Waals surface area contributed by atoms with Gasteiger partial charge in [0, 0.05) is 25.3 Å². The van der Waals surface area contributed by atoms with Crippen molar-refractivity contribution in [3.63, 3.8) is 0 Å². The molecule has 21 heavy (non-hydrogen) atoms. The zero-order valence-corrected chi connectivity index (χ0v) is 12.8. The summed E-state index contributed by atoms with van der Waals surface area (Å²) in [5.74, 6) is -0.0919. The highest BCUT2D eigenvalue weighted by atomic mass is 16.2. The molecule has 2 aliphatic rings. The number of rotatable bonds is 5. The molecule has 1 aliphatic heterocycles. The number of piperidine rings is 1. The molecular weight excluding hydrogens is 268 g/mol. The van der Waals surface area contributed by atoms with Gasteiger partial charge < -0.3 is 5.32 Å². The highest BCUT2D eigenvalue weighted by Crippen LogP contribution is 2.28. The van der Waals surface area contributed by atoms with E-state index >= 15 is 0 Å². The fourth-order valence-corrected chi connectivity index (χ4v) is 3.62. The Bertz CT molecular complexity index is 386. The van der Waals surface area contributed by atoms with Gasteiger partial charge in [-0.25, -0.2) is 0 Å². The van der Waals surface area contributed by atoms with Crippen molar-refractivity contribution in [2.75, 3.05) is 0 Å². The van der Waals surface area contributed by atoms with Crippen LogP contribution >= 0.6 is 0 Å². The van der Waals surface area contributed by atoms with Crippen molar-refractivity contribution < 1.29 is 14.4 Å². The fourth-order valence-electron chi connectivity index (χ4n) is 3.62. The predicted molar refractivity (Wildman–Crippen MR) is 79.3 cm³/mol. The van der Waals surface area contributed by atoms with E-state index in [1.54, 1.807) is 0 Å². The lowest BCUT2D eigenvalue weighted by atomic mass is 9.82. The molecule has 1 heterocycles. The summed E-state index contributed by atoms with van der Waals surface area (Å²) in [4.78, 5) is 34.8. The van der Waals surface area contributed by atoms with E-state index in [-0.39, 0.29) is 48.9 Å². The van der Waals surface area contributed by atoms with Gasteiger partial charge in [0.2, 0.25) is 17.7 Å². The highest BCUT2D eigenvalue weighted by Gasteiger charge is 2.28. The van der Waals surface area contributed by atoms with Crippen molar-refractivity contribution >= 4 is 17.7 Å². The maximum absolute atomic E-state index is 12.2. The first kappa shape index (κ1) is 16.0. The quantitative estimate of drug-likeness (QED) is 0.760. The number of hydrogen-bond acceptors (Lipinski definition) is 3. The fraction of sp³-hybridized carbons (Fsp3) is 0.812. The van der Waals surface area contributed by atoms with Gasteiger partial charge in [0.25, 0.3) is 0 Å². The summed E-state index contributed by atoms with van der Waals surface area (Å²) in [6, 6.07) is 0.242. The Hall–Kier alpha value is -1.39. The largest absolute Gasteiger partial charge is 0.353 e. The minimum absolute atomic E-state index is 0.0140. The van der Waals surface area contributed by atoms with Crippen LogP contribution in [0.2, 0.25) is 0 Å². The number of amides is 3. The van der Waals surface area contributed by atoms with E-state index < -0.39 is 0 Å². The lowest BCUT2D eigenvalue weighted by Gasteiger charge is -2.31. The van der Waals surface area contributed by atoms with Crippen molar-refractivity contribution in [3.8, 4) is 0 Å². The second kappa shape index (κ2) is 7.57. The summed E-state index contributed by atoms with van der Waals surface area (Å²) < 4.78 is 0. The third-order valence-electron chi connectivity index (χ3n) is 4.71. The number of imide groups is 1.